The molecule has 92 valence electrons. The smallest absolute Gasteiger partial charge is 0.224 e. The minimum atomic E-state index is 0.0314. The highest BCUT2D eigenvalue weighted by Gasteiger charge is 2.14. The van der Waals surface area contributed by atoms with Crippen molar-refractivity contribution in [2.24, 2.45) is 4.99 Å². The lowest BCUT2D eigenvalue weighted by Crippen LogP contribution is -2.30. The largest absolute Gasteiger partial charge is 0.352 e. The van der Waals surface area contributed by atoms with Crippen LogP contribution in [-0.4, -0.2) is 17.3 Å². The topological polar surface area (TPSA) is 77.3 Å². The number of rotatable bonds is 1. The molecule has 0 aliphatic carbocycles. The summed E-state index contributed by atoms with van der Waals surface area (Å²) in [6.07, 6.45) is 4.07. The molecule has 0 unspecified atom stereocenters. The van der Waals surface area contributed by atoms with Crippen LogP contribution >= 0.6 is 11.8 Å². The fraction of sp³-hybridized carbons (Fsp3) is 0.250. The molecule has 1 aliphatic rings. The molecule has 0 atom stereocenters. The van der Waals surface area contributed by atoms with Gasteiger partial charge >= 0.3 is 0 Å². The van der Waals surface area contributed by atoms with Gasteiger partial charge < -0.3 is 5.32 Å². The van der Waals surface area contributed by atoms with Crippen molar-refractivity contribution in [1.82, 2.24) is 10.6 Å². The second-order valence-electron chi connectivity index (χ2n) is 3.76. The summed E-state index contributed by atoms with van der Waals surface area (Å²) >= 11 is 1.36. The molecule has 0 fully saturated rings. The van der Waals surface area contributed by atoms with E-state index in [-0.39, 0.29) is 5.91 Å². The molecule has 1 aromatic carbocycles. The van der Waals surface area contributed by atoms with Gasteiger partial charge in [-0.15, -0.1) is 0 Å². The Labute approximate surface area is 109 Å². The van der Waals surface area contributed by atoms with Crippen molar-refractivity contribution < 1.29 is 4.79 Å². The van der Waals surface area contributed by atoms with E-state index in [1.54, 1.807) is 0 Å². The molecule has 5 nitrogen and oxygen atoms in total. The third-order valence-electron chi connectivity index (χ3n) is 2.60. The molecule has 0 spiro atoms. The first-order chi connectivity index (χ1) is 8.72. The van der Waals surface area contributed by atoms with Crippen molar-refractivity contribution >= 4 is 28.5 Å². The summed E-state index contributed by atoms with van der Waals surface area (Å²) in [6, 6.07) is 5.73. The third-order valence-corrected chi connectivity index (χ3v) is 3.18. The van der Waals surface area contributed by atoms with Crippen LogP contribution in [0.4, 0.5) is 5.69 Å². The zero-order valence-electron chi connectivity index (χ0n) is 9.86. The van der Waals surface area contributed by atoms with Gasteiger partial charge in [-0.3, -0.25) is 10.1 Å². The number of nitrogens with one attached hydrogen (secondary N) is 2. The van der Waals surface area contributed by atoms with Gasteiger partial charge in [-0.05, 0) is 29.5 Å². The molecule has 2 rings (SSSR count). The van der Waals surface area contributed by atoms with Gasteiger partial charge in [-0.25, -0.2) is 4.99 Å². The van der Waals surface area contributed by atoms with Crippen LogP contribution in [0.25, 0.3) is 0 Å². The second kappa shape index (κ2) is 5.56. The summed E-state index contributed by atoms with van der Waals surface area (Å²) in [7, 11) is 0. The summed E-state index contributed by atoms with van der Waals surface area (Å²) in [5.41, 5.74) is 2.86. The molecular formula is C12H12N4OS. The van der Waals surface area contributed by atoms with Crippen LogP contribution in [0.5, 0.6) is 0 Å². The average molecular weight is 260 g/mol. The summed E-state index contributed by atoms with van der Waals surface area (Å²) in [4.78, 5) is 15.6. The quantitative estimate of drug-likeness (QED) is 0.345. The molecule has 2 N–H and O–H groups in total. The number of carbonyl (C=O) groups excluding carboxylic acids is 1. The van der Waals surface area contributed by atoms with Gasteiger partial charge in [0.2, 0.25) is 5.91 Å². The summed E-state index contributed by atoms with van der Waals surface area (Å²) in [5, 5.41) is 14.4. The maximum Gasteiger partial charge on any atom is 0.224 e. The Morgan fingerprint density at radius 3 is 3.11 bits per heavy atom. The Morgan fingerprint density at radius 1 is 1.56 bits per heavy atom. The molecule has 1 amide bonds. The number of carbonyl (C=O) groups is 1. The van der Waals surface area contributed by atoms with Gasteiger partial charge in [-0.1, -0.05) is 17.8 Å². The van der Waals surface area contributed by atoms with Gasteiger partial charge in [0.25, 0.3) is 0 Å². The van der Waals surface area contributed by atoms with E-state index < -0.39 is 0 Å². The fourth-order valence-corrected chi connectivity index (χ4v) is 2.08. The predicted molar refractivity (Wildman–Crippen MR) is 71.4 cm³/mol. The first kappa shape index (κ1) is 12.5. The number of amides is 1. The highest BCUT2D eigenvalue weighted by atomic mass is 32.2. The van der Waals surface area contributed by atoms with Crippen LogP contribution in [-0.2, 0) is 17.8 Å². The average Bonchev–Trinajstić information content (AvgIpc) is 2.37. The minimum Gasteiger partial charge on any atom is -0.352 e. The highest BCUT2D eigenvalue weighted by Crippen LogP contribution is 2.22. The van der Waals surface area contributed by atoms with Crippen LogP contribution in [0.15, 0.2) is 23.2 Å². The lowest BCUT2D eigenvalue weighted by atomic mass is 10.00. The number of hydrogen-bond acceptors (Lipinski definition) is 4. The van der Waals surface area contributed by atoms with E-state index in [0.717, 1.165) is 16.8 Å². The molecule has 0 saturated heterocycles. The van der Waals surface area contributed by atoms with Gasteiger partial charge in [0, 0.05) is 6.54 Å². The number of hydrogen-bond donors (Lipinski definition) is 2. The molecule has 6 heteroatoms. The maximum atomic E-state index is 11.3. The van der Waals surface area contributed by atoms with E-state index in [4.69, 9.17) is 5.26 Å². The van der Waals surface area contributed by atoms with E-state index >= 15 is 0 Å². The van der Waals surface area contributed by atoms with Crippen LogP contribution < -0.4 is 10.6 Å². The Kier molecular flexibility index (Phi) is 3.85. The standard InChI is InChI=1S/C12H12N4OS/c1-18-12(15-7-13)16-10-3-2-8-6-14-11(17)5-9(8)4-10/h2-4H,5-6H2,1H3,(H,14,17)(H,15,16). The molecule has 1 aromatic rings. The number of fused-ring (bicyclic) bond motifs is 1. The van der Waals surface area contributed by atoms with Crippen molar-refractivity contribution in [2.75, 3.05) is 6.26 Å². The zero-order valence-corrected chi connectivity index (χ0v) is 10.7. The number of aliphatic imine (C=N–C) groups is 1. The molecule has 0 aromatic heterocycles. The summed E-state index contributed by atoms with van der Waals surface area (Å²) in [5.74, 6) is 0.0314. The van der Waals surface area contributed by atoms with Crippen molar-refractivity contribution in [1.29, 1.82) is 5.26 Å². The van der Waals surface area contributed by atoms with Gasteiger partial charge in [0.05, 0.1) is 12.1 Å². The van der Waals surface area contributed by atoms with Gasteiger partial charge in [-0.2, -0.15) is 5.26 Å². The van der Waals surface area contributed by atoms with Crippen molar-refractivity contribution in [3.05, 3.63) is 29.3 Å². The fourth-order valence-electron chi connectivity index (χ4n) is 1.74. The van der Waals surface area contributed by atoms with Crippen LogP contribution in [0.2, 0.25) is 0 Å². The SMILES string of the molecule is CSC(=Nc1ccc2c(c1)CC(=O)NC2)NC#N. The molecule has 18 heavy (non-hydrogen) atoms. The van der Waals surface area contributed by atoms with E-state index in [9.17, 15) is 4.79 Å². The van der Waals surface area contributed by atoms with Crippen molar-refractivity contribution in [3.63, 3.8) is 0 Å². The van der Waals surface area contributed by atoms with Gasteiger partial charge in [0.1, 0.15) is 0 Å². The molecule has 1 heterocycles. The monoisotopic (exact) mass is 260 g/mol. The normalized spacial score (nSPS) is 14.4. The summed E-state index contributed by atoms with van der Waals surface area (Å²) < 4.78 is 0. The minimum absolute atomic E-state index is 0.0314. The Hall–Kier alpha value is -2.00. The molecular weight excluding hydrogens is 248 g/mol. The van der Waals surface area contributed by atoms with E-state index in [1.807, 2.05) is 30.6 Å². The Morgan fingerprint density at radius 2 is 2.39 bits per heavy atom. The highest BCUT2D eigenvalue weighted by molar-refractivity contribution is 8.13. The van der Waals surface area contributed by atoms with E-state index in [1.165, 1.54) is 11.8 Å². The lowest BCUT2D eigenvalue weighted by molar-refractivity contribution is -0.121. The first-order valence-electron chi connectivity index (χ1n) is 5.39. The van der Waals surface area contributed by atoms with E-state index in [0.29, 0.717) is 18.1 Å². The van der Waals surface area contributed by atoms with Crippen LogP contribution in [0.3, 0.4) is 0 Å². The van der Waals surface area contributed by atoms with Gasteiger partial charge in [0.15, 0.2) is 11.4 Å². The number of thioether (sulfide) groups is 1. The molecule has 1 aliphatic heterocycles. The number of nitriles is 1. The van der Waals surface area contributed by atoms with Crippen molar-refractivity contribution in [2.45, 2.75) is 13.0 Å². The van der Waals surface area contributed by atoms with E-state index in [2.05, 4.69) is 15.6 Å². The predicted octanol–water partition coefficient (Wildman–Crippen LogP) is 1.28. The number of nitrogens with zero attached hydrogens (tertiary/aromatic N) is 2. The second-order valence-corrected chi connectivity index (χ2v) is 4.56. The third kappa shape index (κ3) is 2.81. The Balaban J connectivity index is 2.28. The number of amidine groups is 1. The zero-order chi connectivity index (χ0) is 13.0. The molecule has 0 radical (unpaired) electrons. The molecule has 0 saturated carbocycles. The van der Waals surface area contributed by atoms with Crippen molar-refractivity contribution in [3.8, 4) is 6.19 Å². The maximum absolute atomic E-state index is 11.3. The lowest BCUT2D eigenvalue weighted by Gasteiger charge is -2.16. The first-order valence-corrected chi connectivity index (χ1v) is 6.61. The Bertz CT molecular complexity index is 547. The van der Waals surface area contributed by atoms with Crippen LogP contribution in [0.1, 0.15) is 11.1 Å². The molecule has 0 bridgehead atoms. The van der Waals surface area contributed by atoms with Crippen LogP contribution in [0, 0.1) is 11.5 Å². The number of benzene rings is 1. The summed E-state index contributed by atoms with van der Waals surface area (Å²) in [6.45, 7) is 0.573.